The number of piperazine rings is 1. The van der Waals surface area contributed by atoms with Crippen molar-refractivity contribution in [3.8, 4) is 0 Å². The smallest absolute Gasteiger partial charge is 0.252 e. The number of nitrogens with zero attached hydrogens (tertiary/aromatic N) is 2. The van der Waals surface area contributed by atoms with Crippen LogP contribution in [0.4, 0.5) is 5.69 Å². The van der Waals surface area contributed by atoms with Gasteiger partial charge >= 0.3 is 0 Å². The number of benzene rings is 1. The molecular weight excluding hydrogens is 363 g/mol. The molecule has 0 N–H and O–H groups in total. The molecule has 8 heteroatoms. The summed E-state index contributed by atoms with van der Waals surface area (Å²) in [5.41, 5.74) is 0.922. The molecule has 1 aliphatic heterocycles. The lowest BCUT2D eigenvalue weighted by atomic mass is 10.2. The highest BCUT2D eigenvalue weighted by molar-refractivity contribution is 7.91. The van der Waals surface area contributed by atoms with Crippen LogP contribution in [0.3, 0.4) is 0 Å². The van der Waals surface area contributed by atoms with E-state index in [1.54, 1.807) is 23.6 Å². The highest BCUT2D eigenvalue weighted by Gasteiger charge is 2.29. The Labute approximate surface area is 143 Å². The number of rotatable bonds is 3. The zero-order valence-corrected chi connectivity index (χ0v) is 14.7. The van der Waals surface area contributed by atoms with Crippen molar-refractivity contribution in [2.45, 2.75) is 4.21 Å². The standard InChI is InChI=1S/C14H14Cl2N2O2S2/c15-11-8-12(16)10-13(9-11)17-3-5-18(6-4-17)22(19,20)14-2-1-7-21-14/h1-2,7-10H,3-6H2. The Morgan fingerprint density at radius 2 is 1.64 bits per heavy atom. The summed E-state index contributed by atoms with van der Waals surface area (Å²) in [6, 6.07) is 8.77. The molecule has 1 aromatic heterocycles. The summed E-state index contributed by atoms with van der Waals surface area (Å²) in [5, 5.41) is 2.93. The Morgan fingerprint density at radius 3 is 2.18 bits per heavy atom. The van der Waals surface area contributed by atoms with Crippen LogP contribution in [0, 0.1) is 0 Å². The molecule has 1 fully saturated rings. The third-order valence-electron chi connectivity index (χ3n) is 3.54. The van der Waals surface area contributed by atoms with Crippen molar-refractivity contribution in [1.29, 1.82) is 0 Å². The fraction of sp³-hybridized carbons (Fsp3) is 0.286. The minimum Gasteiger partial charge on any atom is -0.369 e. The van der Waals surface area contributed by atoms with Gasteiger partial charge in [0.15, 0.2) is 0 Å². The van der Waals surface area contributed by atoms with E-state index < -0.39 is 10.0 Å². The molecule has 2 aromatic rings. The molecule has 1 aliphatic rings. The van der Waals surface area contributed by atoms with Crippen molar-refractivity contribution >= 4 is 50.2 Å². The number of hydrogen-bond acceptors (Lipinski definition) is 4. The Kier molecular flexibility index (Phi) is 4.66. The van der Waals surface area contributed by atoms with Gasteiger partial charge in [-0.15, -0.1) is 11.3 Å². The summed E-state index contributed by atoms with van der Waals surface area (Å²) in [6.07, 6.45) is 0. The molecule has 4 nitrogen and oxygen atoms in total. The van der Waals surface area contributed by atoms with Crippen LogP contribution < -0.4 is 4.90 Å². The van der Waals surface area contributed by atoms with Gasteiger partial charge in [-0.2, -0.15) is 4.31 Å². The second kappa shape index (κ2) is 6.37. The topological polar surface area (TPSA) is 40.6 Å². The predicted octanol–water partition coefficient (Wildman–Crippen LogP) is 3.57. The molecule has 22 heavy (non-hydrogen) atoms. The summed E-state index contributed by atoms with van der Waals surface area (Å²) in [5.74, 6) is 0. The van der Waals surface area contributed by atoms with Gasteiger partial charge in [0.05, 0.1) is 0 Å². The van der Waals surface area contributed by atoms with E-state index >= 15 is 0 Å². The van der Waals surface area contributed by atoms with E-state index in [1.807, 2.05) is 12.1 Å². The Morgan fingerprint density at radius 1 is 1.00 bits per heavy atom. The second-order valence-corrected chi connectivity index (χ2v) is 8.94. The molecule has 0 saturated carbocycles. The molecule has 3 rings (SSSR count). The van der Waals surface area contributed by atoms with Crippen LogP contribution in [0.2, 0.25) is 10.0 Å². The Hall–Kier alpha value is -0.790. The van der Waals surface area contributed by atoms with E-state index in [2.05, 4.69) is 4.90 Å². The summed E-state index contributed by atoms with van der Waals surface area (Å²) in [7, 11) is -3.37. The molecule has 0 bridgehead atoms. The summed E-state index contributed by atoms with van der Waals surface area (Å²) in [4.78, 5) is 2.10. The van der Waals surface area contributed by atoms with Crippen molar-refractivity contribution in [3.05, 3.63) is 45.8 Å². The number of hydrogen-bond donors (Lipinski definition) is 0. The van der Waals surface area contributed by atoms with Gasteiger partial charge < -0.3 is 4.90 Å². The first-order chi connectivity index (χ1) is 10.5. The van der Waals surface area contributed by atoms with Crippen LogP contribution in [0.25, 0.3) is 0 Å². The van der Waals surface area contributed by atoms with Gasteiger partial charge in [0, 0.05) is 41.9 Å². The predicted molar refractivity (Wildman–Crippen MR) is 91.8 cm³/mol. The van der Waals surface area contributed by atoms with Gasteiger partial charge in [-0.05, 0) is 29.6 Å². The third kappa shape index (κ3) is 3.26. The molecule has 0 aliphatic carbocycles. The molecule has 0 atom stereocenters. The molecule has 1 aromatic carbocycles. The highest BCUT2D eigenvalue weighted by Crippen LogP contribution is 2.28. The van der Waals surface area contributed by atoms with Gasteiger partial charge in [-0.25, -0.2) is 8.42 Å². The van der Waals surface area contributed by atoms with Crippen molar-refractivity contribution in [1.82, 2.24) is 4.31 Å². The summed E-state index contributed by atoms with van der Waals surface area (Å²) in [6.45, 7) is 2.12. The fourth-order valence-corrected chi connectivity index (χ4v) is 5.53. The molecule has 118 valence electrons. The lowest BCUT2D eigenvalue weighted by Gasteiger charge is -2.35. The average molecular weight is 377 g/mol. The maximum Gasteiger partial charge on any atom is 0.252 e. The summed E-state index contributed by atoms with van der Waals surface area (Å²) < 4.78 is 26.9. The number of anilines is 1. The Balaban J connectivity index is 1.73. The van der Waals surface area contributed by atoms with Crippen LogP contribution in [-0.2, 0) is 10.0 Å². The van der Waals surface area contributed by atoms with Gasteiger partial charge in [-0.1, -0.05) is 29.3 Å². The Bertz CT molecular complexity index is 735. The zero-order valence-electron chi connectivity index (χ0n) is 11.6. The normalized spacial score (nSPS) is 16.9. The first-order valence-electron chi connectivity index (χ1n) is 6.71. The van der Waals surface area contributed by atoms with Crippen LogP contribution in [0.5, 0.6) is 0 Å². The fourth-order valence-electron chi connectivity index (χ4n) is 2.45. The van der Waals surface area contributed by atoms with E-state index in [0.717, 1.165) is 5.69 Å². The largest absolute Gasteiger partial charge is 0.369 e. The van der Waals surface area contributed by atoms with Crippen molar-refractivity contribution in [2.75, 3.05) is 31.1 Å². The molecule has 2 heterocycles. The van der Waals surface area contributed by atoms with E-state index in [0.29, 0.717) is 40.4 Å². The molecule has 0 spiro atoms. The van der Waals surface area contributed by atoms with Crippen molar-refractivity contribution in [2.24, 2.45) is 0 Å². The third-order valence-corrected chi connectivity index (χ3v) is 7.25. The van der Waals surface area contributed by atoms with E-state index in [-0.39, 0.29) is 0 Å². The maximum atomic E-state index is 12.5. The maximum absolute atomic E-state index is 12.5. The molecule has 0 amide bonds. The van der Waals surface area contributed by atoms with E-state index in [1.165, 1.54) is 15.6 Å². The average Bonchev–Trinajstić information content (AvgIpc) is 3.01. The number of thiophene rings is 1. The number of sulfonamides is 1. The van der Waals surface area contributed by atoms with Gasteiger partial charge in [0.1, 0.15) is 4.21 Å². The minimum absolute atomic E-state index is 0.395. The monoisotopic (exact) mass is 376 g/mol. The lowest BCUT2D eigenvalue weighted by molar-refractivity contribution is 0.386. The minimum atomic E-state index is -3.37. The first kappa shape index (κ1) is 16.1. The van der Waals surface area contributed by atoms with Crippen LogP contribution >= 0.6 is 34.5 Å². The first-order valence-corrected chi connectivity index (χ1v) is 9.79. The SMILES string of the molecule is O=S(=O)(c1cccs1)N1CCN(c2cc(Cl)cc(Cl)c2)CC1. The highest BCUT2D eigenvalue weighted by atomic mass is 35.5. The van der Waals surface area contributed by atoms with Crippen LogP contribution in [0.1, 0.15) is 0 Å². The van der Waals surface area contributed by atoms with Crippen molar-refractivity contribution < 1.29 is 8.42 Å². The molecule has 0 radical (unpaired) electrons. The van der Waals surface area contributed by atoms with Crippen molar-refractivity contribution in [3.63, 3.8) is 0 Å². The van der Waals surface area contributed by atoms with Gasteiger partial charge in [0.2, 0.25) is 0 Å². The quantitative estimate of drug-likeness (QED) is 0.821. The number of halogens is 2. The van der Waals surface area contributed by atoms with Crippen LogP contribution in [0.15, 0.2) is 39.9 Å². The van der Waals surface area contributed by atoms with Gasteiger partial charge in [0.25, 0.3) is 10.0 Å². The molecule has 0 unspecified atom stereocenters. The summed E-state index contributed by atoms with van der Waals surface area (Å²) >= 11 is 13.3. The van der Waals surface area contributed by atoms with Crippen LogP contribution in [-0.4, -0.2) is 38.9 Å². The zero-order chi connectivity index (χ0) is 15.7. The van der Waals surface area contributed by atoms with Gasteiger partial charge in [-0.3, -0.25) is 0 Å². The molecular formula is C14H14Cl2N2O2S2. The van der Waals surface area contributed by atoms with E-state index in [4.69, 9.17) is 23.2 Å². The lowest BCUT2D eigenvalue weighted by Crippen LogP contribution is -2.48. The molecule has 1 saturated heterocycles. The van der Waals surface area contributed by atoms with E-state index in [9.17, 15) is 8.42 Å². The second-order valence-electron chi connectivity index (χ2n) is 4.95.